The third-order valence-corrected chi connectivity index (χ3v) is 3.16. The number of hydrogen-bond donors (Lipinski definition) is 2. The maximum Gasteiger partial charge on any atom is 0.221 e. The third-order valence-electron chi connectivity index (χ3n) is 3.16. The highest BCUT2D eigenvalue weighted by Crippen LogP contribution is 2.39. The Bertz CT molecular complexity index is 455. The minimum Gasteiger partial charge on any atom is -0.507 e. The van der Waals surface area contributed by atoms with Crippen LogP contribution in [0.1, 0.15) is 58.2 Å². The van der Waals surface area contributed by atoms with Gasteiger partial charge in [0, 0.05) is 0 Å². The zero-order chi connectivity index (χ0) is 15.0. The lowest BCUT2D eigenvalue weighted by atomic mass is 9.78. The van der Waals surface area contributed by atoms with Crippen LogP contribution in [0.2, 0.25) is 0 Å². The Morgan fingerprint density at radius 2 is 1.42 bits per heavy atom. The molecule has 0 bridgehead atoms. The van der Waals surface area contributed by atoms with Gasteiger partial charge in [0.05, 0.1) is 6.42 Å². The average Bonchev–Trinajstić information content (AvgIpc) is 2.16. The van der Waals surface area contributed by atoms with Gasteiger partial charge in [-0.1, -0.05) is 53.7 Å². The monoisotopic (exact) mass is 263 g/mol. The highest BCUT2D eigenvalue weighted by atomic mass is 16.3. The maximum atomic E-state index is 11.1. The molecular formula is C16H25NO2. The van der Waals surface area contributed by atoms with Crippen LogP contribution in [0.3, 0.4) is 0 Å². The molecular weight excluding hydrogens is 238 g/mol. The van der Waals surface area contributed by atoms with Crippen LogP contribution < -0.4 is 5.73 Å². The van der Waals surface area contributed by atoms with Gasteiger partial charge >= 0.3 is 0 Å². The van der Waals surface area contributed by atoms with Crippen molar-refractivity contribution in [1.82, 2.24) is 0 Å². The molecule has 1 amide bonds. The first-order valence-corrected chi connectivity index (χ1v) is 6.58. The van der Waals surface area contributed by atoms with E-state index < -0.39 is 0 Å². The van der Waals surface area contributed by atoms with Crippen LogP contribution in [0, 0.1) is 0 Å². The molecule has 0 saturated heterocycles. The number of carbonyl (C=O) groups is 1. The largest absolute Gasteiger partial charge is 0.507 e. The summed E-state index contributed by atoms with van der Waals surface area (Å²) >= 11 is 0. The van der Waals surface area contributed by atoms with E-state index >= 15 is 0 Å². The van der Waals surface area contributed by atoms with Gasteiger partial charge in [0.1, 0.15) is 5.75 Å². The third kappa shape index (κ3) is 3.72. The standard InChI is InChI=1S/C16H25NO2/c1-15(2,3)11-7-10(9-13(17)18)8-12(14(11)19)16(4,5)6/h7-8,19H,9H2,1-6H3,(H2,17,18). The van der Waals surface area contributed by atoms with Crippen LogP contribution in [0.25, 0.3) is 0 Å². The number of aromatic hydroxyl groups is 1. The first-order valence-electron chi connectivity index (χ1n) is 6.58. The van der Waals surface area contributed by atoms with E-state index in [2.05, 4.69) is 0 Å². The fourth-order valence-electron chi connectivity index (χ4n) is 2.14. The van der Waals surface area contributed by atoms with Gasteiger partial charge in [0.25, 0.3) is 0 Å². The van der Waals surface area contributed by atoms with Crippen LogP contribution in [0.5, 0.6) is 5.75 Å². The molecule has 0 aliphatic carbocycles. The number of benzene rings is 1. The van der Waals surface area contributed by atoms with Gasteiger partial charge in [-0.15, -0.1) is 0 Å². The summed E-state index contributed by atoms with van der Waals surface area (Å²) in [6.45, 7) is 12.3. The Labute approximate surface area is 115 Å². The summed E-state index contributed by atoms with van der Waals surface area (Å²) in [5.41, 5.74) is 7.49. The van der Waals surface area contributed by atoms with Crippen molar-refractivity contribution in [3.05, 3.63) is 28.8 Å². The van der Waals surface area contributed by atoms with Gasteiger partial charge < -0.3 is 10.8 Å². The second-order valence-corrected chi connectivity index (χ2v) is 7.18. The fraction of sp³-hybridized carbons (Fsp3) is 0.562. The highest BCUT2D eigenvalue weighted by molar-refractivity contribution is 5.77. The first-order chi connectivity index (χ1) is 8.43. The molecule has 3 heteroatoms. The Kier molecular flexibility index (Phi) is 3.99. The van der Waals surface area contributed by atoms with E-state index in [1.807, 2.05) is 53.7 Å². The molecule has 1 rings (SSSR count). The molecule has 19 heavy (non-hydrogen) atoms. The summed E-state index contributed by atoms with van der Waals surface area (Å²) in [5.74, 6) is -0.0290. The van der Waals surface area contributed by atoms with Crippen molar-refractivity contribution in [3.8, 4) is 5.75 Å². The van der Waals surface area contributed by atoms with E-state index in [-0.39, 0.29) is 23.2 Å². The van der Waals surface area contributed by atoms with E-state index in [1.165, 1.54) is 0 Å². The Morgan fingerprint density at radius 1 is 1.05 bits per heavy atom. The van der Waals surface area contributed by atoms with E-state index in [4.69, 9.17) is 5.73 Å². The number of phenols is 1. The number of amides is 1. The van der Waals surface area contributed by atoms with Gasteiger partial charge in [-0.2, -0.15) is 0 Å². The Morgan fingerprint density at radius 3 is 1.68 bits per heavy atom. The molecule has 0 aliphatic heterocycles. The quantitative estimate of drug-likeness (QED) is 0.861. The maximum absolute atomic E-state index is 11.1. The summed E-state index contributed by atoms with van der Waals surface area (Å²) in [6, 6.07) is 3.77. The minimum absolute atomic E-state index is 0.183. The molecule has 0 fully saturated rings. The fourth-order valence-corrected chi connectivity index (χ4v) is 2.14. The second-order valence-electron chi connectivity index (χ2n) is 7.18. The minimum atomic E-state index is -0.356. The summed E-state index contributed by atoms with van der Waals surface area (Å²) in [5, 5.41) is 10.5. The number of nitrogens with two attached hydrogens (primary N) is 1. The number of rotatable bonds is 2. The molecule has 0 atom stereocenters. The Hall–Kier alpha value is -1.51. The molecule has 106 valence electrons. The number of carbonyl (C=O) groups excluding carboxylic acids is 1. The van der Waals surface area contributed by atoms with Crippen molar-refractivity contribution >= 4 is 5.91 Å². The van der Waals surface area contributed by atoms with Gasteiger partial charge in [0.15, 0.2) is 0 Å². The van der Waals surface area contributed by atoms with Gasteiger partial charge in [-0.05, 0) is 27.5 Å². The molecule has 0 aliphatic rings. The van der Waals surface area contributed by atoms with Crippen molar-refractivity contribution in [3.63, 3.8) is 0 Å². The molecule has 1 aromatic carbocycles. The number of phenolic OH excluding ortho intramolecular Hbond substituents is 1. The molecule has 0 saturated carbocycles. The normalized spacial score (nSPS) is 12.5. The lowest BCUT2D eigenvalue weighted by molar-refractivity contribution is -0.117. The van der Waals surface area contributed by atoms with Crippen molar-refractivity contribution < 1.29 is 9.90 Å². The van der Waals surface area contributed by atoms with Crippen molar-refractivity contribution in [2.45, 2.75) is 58.8 Å². The second kappa shape index (κ2) is 4.87. The summed E-state index contributed by atoms with van der Waals surface area (Å²) in [4.78, 5) is 11.1. The van der Waals surface area contributed by atoms with E-state index in [0.29, 0.717) is 5.75 Å². The summed E-state index contributed by atoms with van der Waals surface area (Å²) in [7, 11) is 0. The summed E-state index contributed by atoms with van der Waals surface area (Å²) in [6.07, 6.45) is 0.201. The first kappa shape index (κ1) is 15.5. The van der Waals surface area contributed by atoms with E-state index in [9.17, 15) is 9.90 Å². The molecule has 0 unspecified atom stereocenters. The lowest BCUT2D eigenvalue weighted by Gasteiger charge is -2.28. The molecule has 0 aromatic heterocycles. The SMILES string of the molecule is CC(C)(C)c1cc(CC(N)=O)cc(C(C)(C)C)c1O. The van der Waals surface area contributed by atoms with Gasteiger partial charge in [-0.25, -0.2) is 0 Å². The van der Waals surface area contributed by atoms with Crippen molar-refractivity contribution in [2.24, 2.45) is 5.73 Å². The molecule has 3 nitrogen and oxygen atoms in total. The molecule has 1 aromatic rings. The van der Waals surface area contributed by atoms with Crippen LogP contribution in [-0.2, 0) is 22.0 Å². The summed E-state index contributed by atoms with van der Waals surface area (Å²) < 4.78 is 0. The number of primary amides is 1. The van der Waals surface area contributed by atoms with Crippen LogP contribution in [0.4, 0.5) is 0 Å². The van der Waals surface area contributed by atoms with Crippen LogP contribution in [-0.4, -0.2) is 11.0 Å². The van der Waals surface area contributed by atoms with E-state index in [1.54, 1.807) is 0 Å². The van der Waals surface area contributed by atoms with Crippen molar-refractivity contribution in [1.29, 1.82) is 0 Å². The molecule has 0 spiro atoms. The lowest BCUT2D eigenvalue weighted by Crippen LogP contribution is -2.20. The van der Waals surface area contributed by atoms with Gasteiger partial charge in [0.2, 0.25) is 5.91 Å². The number of hydrogen-bond acceptors (Lipinski definition) is 2. The predicted molar refractivity (Wildman–Crippen MR) is 78.4 cm³/mol. The van der Waals surface area contributed by atoms with Gasteiger partial charge in [-0.3, -0.25) is 4.79 Å². The van der Waals surface area contributed by atoms with Crippen molar-refractivity contribution in [2.75, 3.05) is 0 Å². The zero-order valence-electron chi connectivity index (χ0n) is 12.8. The molecule has 0 heterocycles. The topological polar surface area (TPSA) is 63.3 Å². The Balaban J connectivity index is 3.52. The van der Waals surface area contributed by atoms with Crippen LogP contribution >= 0.6 is 0 Å². The predicted octanol–water partition coefficient (Wildman–Crippen LogP) is 3.02. The van der Waals surface area contributed by atoms with Crippen LogP contribution in [0.15, 0.2) is 12.1 Å². The molecule has 3 N–H and O–H groups in total. The average molecular weight is 263 g/mol. The zero-order valence-corrected chi connectivity index (χ0v) is 12.8. The smallest absolute Gasteiger partial charge is 0.221 e. The highest BCUT2D eigenvalue weighted by Gasteiger charge is 2.26. The van der Waals surface area contributed by atoms with E-state index in [0.717, 1.165) is 16.7 Å². The molecule has 0 radical (unpaired) electrons.